The van der Waals surface area contributed by atoms with Crippen molar-refractivity contribution < 1.29 is 9.52 Å². The number of aliphatic hydroxyl groups excluding tert-OH is 1. The second kappa shape index (κ2) is 5.24. The molecule has 0 aliphatic carbocycles. The fourth-order valence-corrected chi connectivity index (χ4v) is 1.76. The summed E-state index contributed by atoms with van der Waals surface area (Å²) in [5.41, 5.74) is 5.40. The predicted octanol–water partition coefficient (Wildman–Crippen LogP) is -1.36. The van der Waals surface area contributed by atoms with Crippen LogP contribution in [-0.4, -0.2) is 59.5 Å². The Morgan fingerprint density at radius 2 is 2.00 bits per heavy atom. The molecule has 1 aromatic rings. The van der Waals surface area contributed by atoms with Crippen molar-refractivity contribution in [3.63, 3.8) is 0 Å². The van der Waals surface area contributed by atoms with Gasteiger partial charge in [0.15, 0.2) is 0 Å². The minimum absolute atomic E-state index is 0.206. The molecule has 0 aromatic carbocycles. The lowest BCUT2D eigenvalue weighted by Crippen LogP contribution is -2.47. The van der Waals surface area contributed by atoms with Gasteiger partial charge in [0.2, 0.25) is 5.89 Å². The Bertz CT molecular complexity index is 321. The number of hydrogen-bond acceptors (Lipinski definition) is 7. The molecule has 2 heterocycles. The summed E-state index contributed by atoms with van der Waals surface area (Å²) in [5, 5.41) is 16.6. The normalized spacial score (nSPS) is 18.0. The van der Waals surface area contributed by atoms with Crippen LogP contribution in [0.1, 0.15) is 5.89 Å². The van der Waals surface area contributed by atoms with Gasteiger partial charge < -0.3 is 20.2 Å². The van der Waals surface area contributed by atoms with Crippen LogP contribution >= 0.6 is 0 Å². The maximum absolute atomic E-state index is 8.83. The zero-order valence-corrected chi connectivity index (χ0v) is 9.17. The summed E-state index contributed by atoms with van der Waals surface area (Å²) >= 11 is 0. The number of rotatable bonds is 4. The zero-order valence-electron chi connectivity index (χ0n) is 9.17. The minimum atomic E-state index is 0.206. The van der Waals surface area contributed by atoms with Crippen LogP contribution in [-0.2, 0) is 6.54 Å². The Morgan fingerprint density at radius 1 is 1.25 bits per heavy atom. The monoisotopic (exact) mass is 227 g/mol. The highest BCUT2D eigenvalue weighted by Crippen LogP contribution is 2.14. The third kappa shape index (κ3) is 2.49. The molecule has 1 aliphatic heterocycles. The van der Waals surface area contributed by atoms with Gasteiger partial charge in [0.05, 0.1) is 13.2 Å². The SMILES string of the molecule is NCc1nnc(N2CCN(CCO)CC2)o1. The Kier molecular flexibility index (Phi) is 3.70. The van der Waals surface area contributed by atoms with E-state index in [1.54, 1.807) is 0 Å². The third-order valence-corrected chi connectivity index (χ3v) is 2.69. The summed E-state index contributed by atoms with van der Waals surface area (Å²) in [4.78, 5) is 4.25. The van der Waals surface area contributed by atoms with Gasteiger partial charge in [0.25, 0.3) is 0 Å². The van der Waals surface area contributed by atoms with Gasteiger partial charge in [-0.2, -0.15) is 0 Å². The highest BCUT2D eigenvalue weighted by Gasteiger charge is 2.20. The first kappa shape index (κ1) is 11.3. The smallest absolute Gasteiger partial charge is 0.318 e. The van der Waals surface area contributed by atoms with Crippen LogP contribution in [0.5, 0.6) is 0 Å². The third-order valence-electron chi connectivity index (χ3n) is 2.69. The lowest BCUT2D eigenvalue weighted by atomic mass is 10.3. The van der Waals surface area contributed by atoms with Gasteiger partial charge in [-0.05, 0) is 0 Å². The van der Waals surface area contributed by atoms with Crippen LogP contribution < -0.4 is 10.6 Å². The van der Waals surface area contributed by atoms with Crippen LogP contribution in [0.2, 0.25) is 0 Å². The number of piperazine rings is 1. The predicted molar refractivity (Wildman–Crippen MR) is 57.9 cm³/mol. The molecule has 3 N–H and O–H groups in total. The standard InChI is InChI=1S/C9H17N5O2/c10-7-8-11-12-9(16-8)14-3-1-13(2-4-14)5-6-15/h15H,1-7,10H2. The fourth-order valence-electron chi connectivity index (χ4n) is 1.76. The number of β-amino-alcohol motifs (C(OH)–C–C–N with tert-alkyl or cyclic N) is 1. The molecule has 1 fully saturated rings. The van der Waals surface area contributed by atoms with Gasteiger partial charge in [-0.15, -0.1) is 5.10 Å². The van der Waals surface area contributed by atoms with Crippen LogP contribution in [0.3, 0.4) is 0 Å². The zero-order chi connectivity index (χ0) is 11.4. The van der Waals surface area contributed by atoms with Crippen molar-refractivity contribution in [2.45, 2.75) is 6.54 Å². The molecule has 2 rings (SSSR count). The highest BCUT2D eigenvalue weighted by atomic mass is 16.4. The average molecular weight is 227 g/mol. The molecule has 1 aliphatic rings. The number of hydrogen-bond donors (Lipinski definition) is 2. The summed E-state index contributed by atoms with van der Waals surface area (Å²) in [6.07, 6.45) is 0. The largest absolute Gasteiger partial charge is 0.407 e. The maximum atomic E-state index is 8.83. The van der Waals surface area contributed by atoms with Gasteiger partial charge in [0.1, 0.15) is 0 Å². The maximum Gasteiger partial charge on any atom is 0.318 e. The van der Waals surface area contributed by atoms with E-state index in [0.717, 1.165) is 32.7 Å². The second-order valence-corrected chi connectivity index (χ2v) is 3.73. The van der Waals surface area contributed by atoms with E-state index in [0.29, 0.717) is 11.9 Å². The van der Waals surface area contributed by atoms with E-state index < -0.39 is 0 Å². The molecular formula is C9H17N5O2. The molecule has 7 nitrogen and oxygen atoms in total. The number of nitrogens with two attached hydrogens (primary N) is 1. The molecule has 0 atom stereocenters. The van der Waals surface area contributed by atoms with E-state index in [9.17, 15) is 0 Å². The van der Waals surface area contributed by atoms with Crippen LogP contribution in [0, 0.1) is 0 Å². The fraction of sp³-hybridized carbons (Fsp3) is 0.778. The number of aromatic nitrogens is 2. The number of nitrogens with zero attached hydrogens (tertiary/aromatic N) is 4. The average Bonchev–Trinajstić information content (AvgIpc) is 2.79. The van der Waals surface area contributed by atoms with Crippen molar-refractivity contribution in [2.24, 2.45) is 5.73 Å². The van der Waals surface area contributed by atoms with Gasteiger partial charge in [-0.3, -0.25) is 4.90 Å². The van der Waals surface area contributed by atoms with E-state index in [4.69, 9.17) is 15.3 Å². The summed E-state index contributed by atoms with van der Waals surface area (Å²) in [6, 6.07) is 0.545. The molecule has 0 amide bonds. The molecule has 0 spiro atoms. The molecule has 0 bridgehead atoms. The highest BCUT2D eigenvalue weighted by molar-refractivity contribution is 5.25. The van der Waals surface area contributed by atoms with E-state index in [2.05, 4.69) is 15.1 Å². The molecule has 90 valence electrons. The topological polar surface area (TPSA) is 91.7 Å². The molecule has 0 saturated carbocycles. The van der Waals surface area contributed by atoms with E-state index in [-0.39, 0.29) is 13.2 Å². The molecule has 7 heteroatoms. The van der Waals surface area contributed by atoms with Crippen molar-refractivity contribution >= 4 is 6.01 Å². The van der Waals surface area contributed by atoms with Gasteiger partial charge in [-0.1, -0.05) is 5.10 Å². The molecule has 1 aromatic heterocycles. The lowest BCUT2D eigenvalue weighted by Gasteiger charge is -2.33. The molecular weight excluding hydrogens is 210 g/mol. The van der Waals surface area contributed by atoms with Crippen LogP contribution in [0.25, 0.3) is 0 Å². The van der Waals surface area contributed by atoms with Gasteiger partial charge >= 0.3 is 6.01 Å². The van der Waals surface area contributed by atoms with E-state index in [1.165, 1.54) is 0 Å². The quantitative estimate of drug-likeness (QED) is 0.656. The van der Waals surface area contributed by atoms with E-state index in [1.807, 2.05) is 4.90 Å². The van der Waals surface area contributed by atoms with Crippen LogP contribution in [0.4, 0.5) is 6.01 Å². The number of aliphatic hydroxyl groups is 1. The van der Waals surface area contributed by atoms with E-state index >= 15 is 0 Å². The van der Waals surface area contributed by atoms with Gasteiger partial charge in [0, 0.05) is 32.7 Å². The van der Waals surface area contributed by atoms with Crippen molar-refractivity contribution in [1.82, 2.24) is 15.1 Å². The summed E-state index contributed by atoms with van der Waals surface area (Å²) in [7, 11) is 0. The Morgan fingerprint density at radius 3 is 2.56 bits per heavy atom. The Labute approximate surface area is 93.8 Å². The Balaban J connectivity index is 1.88. The molecule has 16 heavy (non-hydrogen) atoms. The first-order valence-corrected chi connectivity index (χ1v) is 5.44. The Hall–Kier alpha value is -1.18. The second-order valence-electron chi connectivity index (χ2n) is 3.73. The number of anilines is 1. The van der Waals surface area contributed by atoms with Crippen molar-refractivity contribution in [3.05, 3.63) is 5.89 Å². The summed E-state index contributed by atoms with van der Waals surface area (Å²) in [5.74, 6) is 0.466. The summed E-state index contributed by atoms with van der Waals surface area (Å²) in [6.45, 7) is 4.70. The van der Waals surface area contributed by atoms with Crippen molar-refractivity contribution in [1.29, 1.82) is 0 Å². The van der Waals surface area contributed by atoms with Crippen LogP contribution in [0.15, 0.2) is 4.42 Å². The molecule has 0 radical (unpaired) electrons. The first-order chi connectivity index (χ1) is 7.83. The van der Waals surface area contributed by atoms with Crippen molar-refractivity contribution in [2.75, 3.05) is 44.2 Å². The summed E-state index contributed by atoms with van der Waals surface area (Å²) < 4.78 is 5.38. The molecule has 0 unspecified atom stereocenters. The minimum Gasteiger partial charge on any atom is -0.407 e. The molecule has 1 saturated heterocycles. The van der Waals surface area contributed by atoms with Gasteiger partial charge in [-0.25, -0.2) is 0 Å². The lowest BCUT2D eigenvalue weighted by molar-refractivity contribution is 0.187. The van der Waals surface area contributed by atoms with Crippen molar-refractivity contribution in [3.8, 4) is 0 Å². The first-order valence-electron chi connectivity index (χ1n) is 5.44.